The number of ether oxygens (including phenoxy) is 2. The van der Waals surface area contributed by atoms with Crippen LogP contribution in [0.25, 0.3) is 0 Å². The lowest BCUT2D eigenvalue weighted by Crippen LogP contribution is -1.99. The average molecular weight is 276 g/mol. The second kappa shape index (κ2) is 5.83. The molecule has 0 aliphatic rings. The zero-order chi connectivity index (χ0) is 14.5. The van der Waals surface area contributed by atoms with E-state index in [1.165, 1.54) is 37.6 Å². The topological polar surface area (TPSA) is 99.4 Å². The summed E-state index contributed by atoms with van der Waals surface area (Å²) in [6.45, 7) is 0. The second-order valence-electron chi connectivity index (χ2n) is 3.66. The number of methoxy groups -OCH3 is 1. The van der Waals surface area contributed by atoms with E-state index in [-0.39, 0.29) is 17.3 Å². The fourth-order valence-electron chi connectivity index (χ4n) is 1.49. The van der Waals surface area contributed by atoms with Gasteiger partial charge in [-0.15, -0.1) is 0 Å². The Bertz CT molecular complexity index is 633. The van der Waals surface area contributed by atoms with Crippen molar-refractivity contribution in [3.8, 4) is 17.4 Å². The van der Waals surface area contributed by atoms with Crippen LogP contribution in [0.2, 0.25) is 0 Å². The summed E-state index contributed by atoms with van der Waals surface area (Å²) in [7, 11) is 3.13. The van der Waals surface area contributed by atoms with Gasteiger partial charge in [0.25, 0.3) is 0 Å². The molecule has 0 fully saturated rings. The molecular weight excluding hydrogens is 264 g/mol. The molecule has 0 spiro atoms. The molecule has 0 aliphatic heterocycles. The van der Waals surface area contributed by atoms with Crippen LogP contribution in [0.4, 0.5) is 11.6 Å². The quantitative estimate of drug-likeness (QED) is 0.660. The van der Waals surface area contributed by atoms with Gasteiger partial charge in [0, 0.05) is 31.4 Å². The summed E-state index contributed by atoms with van der Waals surface area (Å²) < 4.78 is 10.5. The number of rotatable bonds is 5. The standard InChI is InChI=1S/C12H12N4O4/c1-13-12-14-6-5-11(15-12)20-10-7-8(19-2)3-4-9(10)16(17)18/h3-7H,1-2H3,(H,13,14,15). The van der Waals surface area contributed by atoms with Crippen LogP contribution in [0.15, 0.2) is 30.5 Å². The van der Waals surface area contributed by atoms with Crippen molar-refractivity contribution in [3.63, 3.8) is 0 Å². The Balaban J connectivity index is 2.37. The van der Waals surface area contributed by atoms with Gasteiger partial charge in [-0.05, 0) is 6.07 Å². The number of nitro groups is 1. The van der Waals surface area contributed by atoms with Gasteiger partial charge < -0.3 is 14.8 Å². The van der Waals surface area contributed by atoms with E-state index in [2.05, 4.69) is 15.3 Å². The van der Waals surface area contributed by atoms with Crippen LogP contribution in [-0.4, -0.2) is 29.0 Å². The van der Waals surface area contributed by atoms with Crippen molar-refractivity contribution in [2.75, 3.05) is 19.5 Å². The maximum Gasteiger partial charge on any atom is 0.311 e. The lowest BCUT2D eigenvalue weighted by atomic mass is 10.3. The zero-order valence-corrected chi connectivity index (χ0v) is 10.9. The smallest absolute Gasteiger partial charge is 0.311 e. The molecule has 8 nitrogen and oxygen atoms in total. The summed E-state index contributed by atoms with van der Waals surface area (Å²) in [5.74, 6) is 1.05. The summed E-state index contributed by atoms with van der Waals surface area (Å²) in [5.41, 5.74) is -0.171. The first-order valence-corrected chi connectivity index (χ1v) is 5.65. The minimum atomic E-state index is -0.533. The van der Waals surface area contributed by atoms with Gasteiger partial charge in [-0.25, -0.2) is 4.98 Å². The third kappa shape index (κ3) is 2.91. The van der Waals surface area contributed by atoms with E-state index in [4.69, 9.17) is 9.47 Å². The highest BCUT2D eigenvalue weighted by Gasteiger charge is 2.17. The molecule has 0 unspecified atom stereocenters. The first kappa shape index (κ1) is 13.5. The molecule has 0 saturated carbocycles. The largest absolute Gasteiger partial charge is 0.497 e. The van der Waals surface area contributed by atoms with Crippen LogP contribution >= 0.6 is 0 Å². The molecule has 0 radical (unpaired) electrons. The van der Waals surface area contributed by atoms with Gasteiger partial charge in [0.2, 0.25) is 17.6 Å². The second-order valence-corrected chi connectivity index (χ2v) is 3.66. The molecule has 1 aromatic heterocycles. The maximum atomic E-state index is 11.0. The molecular formula is C12H12N4O4. The van der Waals surface area contributed by atoms with Crippen molar-refractivity contribution in [3.05, 3.63) is 40.6 Å². The van der Waals surface area contributed by atoms with E-state index in [1.54, 1.807) is 7.05 Å². The van der Waals surface area contributed by atoms with Gasteiger partial charge >= 0.3 is 5.69 Å². The van der Waals surface area contributed by atoms with Crippen LogP contribution in [0, 0.1) is 10.1 Å². The Morgan fingerprint density at radius 2 is 2.15 bits per heavy atom. The van der Waals surface area contributed by atoms with Crippen molar-refractivity contribution in [1.29, 1.82) is 0 Å². The van der Waals surface area contributed by atoms with E-state index < -0.39 is 4.92 Å². The van der Waals surface area contributed by atoms with Crippen LogP contribution in [0.5, 0.6) is 17.4 Å². The molecule has 104 valence electrons. The molecule has 1 aromatic carbocycles. The van der Waals surface area contributed by atoms with Crippen molar-refractivity contribution in [2.24, 2.45) is 0 Å². The third-order valence-electron chi connectivity index (χ3n) is 2.43. The Hall–Kier alpha value is -2.90. The van der Waals surface area contributed by atoms with Crippen molar-refractivity contribution >= 4 is 11.6 Å². The summed E-state index contributed by atoms with van der Waals surface area (Å²) in [5, 5.41) is 13.7. The Morgan fingerprint density at radius 1 is 1.35 bits per heavy atom. The number of benzene rings is 1. The highest BCUT2D eigenvalue weighted by Crippen LogP contribution is 2.34. The van der Waals surface area contributed by atoms with Gasteiger partial charge in [0.15, 0.2) is 0 Å². The van der Waals surface area contributed by atoms with Crippen LogP contribution < -0.4 is 14.8 Å². The number of hydrogen-bond acceptors (Lipinski definition) is 7. The minimum absolute atomic E-state index is 0.0510. The summed E-state index contributed by atoms with van der Waals surface area (Å²) in [6, 6.07) is 5.74. The molecule has 2 rings (SSSR count). The minimum Gasteiger partial charge on any atom is -0.497 e. The van der Waals surface area contributed by atoms with E-state index in [0.29, 0.717) is 11.7 Å². The van der Waals surface area contributed by atoms with Crippen LogP contribution in [0.1, 0.15) is 0 Å². The van der Waals surface area contributed by atoms with Gasteiger partial charge in [-0.3, -0.25) is 10.1 Å². The molecule has 0 amide bonds. The Morgan fingerprint density at radius 3 is 2.80 bits per heavy atom. The van der Waals surface area contributed by atoms with Gasteiger partial charge in [-0.1, -0.05) is 0 Å². The lowest BCUT2D eigenvalue weighted by molar-refractivity contribution is -0.385. The van der Waals surface area contributed by atoms with E-state index >= 15 is 0 Å². The predicted octanol–water partition coefficient (Wildman–Crippen LogP) is 2.23. The summed E-state index contributed by atoms with van der Waals surface area (Å²) in [6.07, 6.45) is 1.49. The number of nitrogens with zero attached hydrogens (tertiary/aromatic N) is 3. The Labute approximate surface area is 114 Å². The Kier molecular flexibility index (Phi) is 3.94. The fraction of sp³-hybridized carbons (Fsp3) is 0.167. The molecule has 20 heavy (non-hydrogen) atoms. The van der Waals surface area contributed by atoms with E-state index in [1.807, 2.05) is 0 Å². The fourth-order valence-corrected chi connectivity index (χ4v) is 1.49. The molecule has 1 N–H and O–H groups in total. The van der Waals surface area contributed by atoms with E-state index in [9.17, 15) is 10.1 Å². The lowest BCUT2D eigenvalue weighted by Gasteiger charge is -2.07. The molecule has 1 heterocycles. The number of nitro benzene ring substituents is 1. The number of nitrogens with one attached hydrogen (secondary N) is 1. The number of aromatic nitrogens is 2. The van der Waals surface area contributed by atoms with Crippen LogP contribution in [-0.2, 0) is 0 Å². The maximum absolute atomic E-state index is 11.0. The normalized spacial score (nSPS) is 9.90. The number of hydrogen-bond donors (Lipinski definition) is 1. The van der Waals surface area contributed by atoms with E-state index in [0.717, 1.165) is 0 Å². The first-order valence-electron chi connectivity index (χ1n) is 5.65. The van der Waals surface area contributed by atoms with Gasteiger partial charge in [-0.2, -0.15) is 4.98 Å². The predicted molar refractivity (Wildman–Crippen MR) is 71.3 cm³/mol. The van der Waals surface area contributed by atoms with Crippen LogP contribution in [0.3, 0.4) is 0 Å². The first-order chi connectivity index (χ1) is 9.63. The molecule has 8 heteroatoms. The van der Waals surface area contributed by atoms with Crippen molar-refractivity contribution in [1.82, 2.24) is 9.97 Å². The highest BCUT2D eigenvalue weighted by molar-refractivity contribution is 5.52. The molecule has 0 bridgehead atoms. The highest BCUT2D eigenvalue weighted by atomic mass is 16.6. The molecule has 0 atom stereocenters. The average Bonchev–Trinajstić information content (AvgIpc) is 2.47. The monoisotopic (exact) mass is 276 g/mol. The summed E-state index contributed by atoms with van der Waals surface area (Å²) >= 11 is 0. The number of anilines is 1. The SMILES string of the molecule is CNc1nccc(Oc2cc(OC)ccc2[N+](=O)[O-])n1. The van der Waals surface area contributed by atoms with Crippen molar-refractivity contribution < 1.29 is 14.4 Å². The molecule has 0 saturated heterocycles. The zero-order valence-electron chi connectivity index (χ0n) is 10.9. The molecule has 2 aromatic rings. The van der Waals surface area contributed by atoms with Gasteiger partial charge in [0.1, 0.15) is 5.75 Å². The summed E-state index contributed by atoms with van der Waals surface area (Å²) in [4.78, 5) is 18.4. The third-order valence-corrected chi connectivity index (χ3v) is 2.43. The van der Waals surface area contributed by atoms with Crippen molar-refractivity contribution in [2.45, 2.75) is 0 Å². The molecule has 0 aliphatic carbocycles. The van der Waals surface area contributed by atoms with Gasteiger partial charge in [0.05, 0.1) is 12.0 Å².